The van der Waals surface area contributed by atoms with Crippen molar-refractivity contribution in [3.63, 3.8) is 0 Å². The number of benzene rings is 1. The molecule has 1 aliphatic heterocycles. The van der Waals surface area contributed by atoms with Gasteiger partial charge in [0.2, 0.25) is 10.0 Å². The first kappa shape index (κ1) is 13.9. The molecule has 1 atom stereocenters. The minimum atomic E-state index is -3.39. The highest BCUT2D eigenvalue weighted by Crippen LogP contribution is 2.30. The predicted octanol–water partition coefficient (Wildman–Crippen LogP) is 2.51. The van der Waals surface area contributed by atoms with Crippen LogP contribution in [0, 0.1) is 5.92 Å². The third-order valence-corrected chi connectivity index (χ3v) is 6.08. The standard InChI is InChI=1S/C15H22N2O2S/c1-11(12-4-2-5-12)17-20(18,19)14-7-8-15-13(10-14)6-3-9-16-15/h7-8,10-12,16-17H,2-6,9H2,1H3. The normalized spacial score (nSPS) is 20.6. The van der Waals surface area contributed by atoms with Gasteiger partial charge in [0.05, 0.1) is 4.90 Å². The van der Waals surface area contributed by atoms with Crippen molar-refractivity contribution in [1.29, 1.82) is 0 Å². The maximum atomic E-state index is 12.4. The van der Waals surface area contributed by atoms with Crippen molar-refractivity contribution in [2.75, 3.05) is 11.9 Å². The summed E-state index contributed by atoms with van der Waals surface area (Å²) in [4.78, 5) is 0.395. The Labute approximate surface area is 121 Å². The number of sulfonamides is 1. The fourth-order valence-corrected chi connectivity index (χ4v) is 4.33. The van der Waals surface area contributed by atoms with E-state index in [1.165, 1.54) is 6.42 Å². The Hall–Kier alpha value is -1.07. The van der Waals surface area contributed by atoms with E-state index in [1.807, 2.05) is 19.1 Å². The zero-order valence-corrected chi connectivity index (χ0v) is 12.7. The van der Waals surface area contributed by atoms with Crippen molar-refractivity contribution < 1.29 is 8.42 Å². The fourth-order valence-electron chi connectivity index (χ4n) is 2.97. The molecule has 4 nitrogen and oxygen atoms in total. The molecule has 1 heterocycles. The molecule has 0 radical (unpaired) electrons. The van der Waals surface area contributed by atoms with Crippen molar-refractivity contribution in [3.8, 4) is 0 Å². The van der Waals surface area contributed by atoms with Crippen LogP contribution in [-0.4, -0.2) is 21.0 Å². The Kier molecular flexibility index (Phi) is 3.73. The molecule has 1 fully saturated rings. The summed E-state index contributed by atoms with van der Waals surface area (Å²) in [6.45, 7) is 2.94. The van der Waals surface area contributed by atoms with Gasteiger partial charge in [-0.1, -0.05) is 6.42 Å². The van der Waals surface area contributed by atoms with Crippen LogP contribution in [0.3, 0.4) is 0 Å². The summed E-state index contributed by atoms with van der Waals surface area (Å²) in [5.41, 5.74) is 2.18. The summed E-state index contributed by atoms with van der Waals surface area (Å²) in [7, 11) is -3.39. The Morgan fingerprint density at radius 1 is 1.30 bits per heavy atom. The van der Waals surface area contributed by atoms with Crippen LogP contribution in [-0.2, 0) is 16.4 Å². The van der Waals surface area contributed by atoms with Gasteiger partial charge in [0.25, 0.3) is 0 Å². The fraction of sp³-hybridized carbons (Fsp3) is 0.600. The minimum absolute atomic E-state index is 0.0305. The molecule has 3 rings (SSSR count). The Balaban J connectivity index is 1.79. The number of anilines is 1. The van der Waals surface area contributed by atoms with E-state index in [4.69, 9.17) is 0 Å². The molecule has 1 aliphatic carbocycles. The maximum Gasteiger partial charge on any atom is 0.240 e. The van der Waals surface area contributed by atoms with Crippen molar-refractivity contribution in [2.24, 2.45) is 5.92 Å². The highest BCUT2D eigenvalue weighted by atomic mass is 32.2. The van der Waals surface area contributed by atoms with Gasteiger partial charge in [0, 0.05) is 18.3 Å². The monoisotopic (exact) mass is 294 g/mol. The summed E-state index contributed by atoms with van der Waals surface area (Å²) in [5, 5.41) is 3.30. The lowest BCUT2D eigenvalue weighted by Gasteiger charge is -2.31. The first-order chi connectivity index (χ1) is 9.56. The molecule has 20 heavy (non-hydrogen) atoms. The maximum absolute atomic E-state index is 12.4. The van der Waals surface area contributed by atoms with E-state index in [9.17, 15) is 8.42 Å². The first-order valence-electron chi connectivity index (χ1n) is 7.45. The van der Waals surface area contributed by atoms with E-state index < -0.39 is 10.0 Å². The molecule has 0 saturated heterocycles. The predicted molar refractivity (Wildman–Crippen MR) is 80.4 cm³/mol. The Morgan fingerprint density at radius 2 is 2.10 bits per heavy atom. The Bertz CT molecular complexity index is 594. The highest BCUT2D eigenvalue weighted by Gasteiger charge is 2.28. The third-order valence-electron chi connectivity index (χ3n) is 4.52. The molecule has 0 bridgehead atoms. The number of rotatable bonds is 4. The third kappa shape index (κ3) is 2.69. The molecule has 0 spiro atoms. The second kappa shape index (κ2) is 5.37. The van der Waals surface area contributed by atoms with Gasteiger partial charge in [-0.2, -0.15) is 0 Å². The van der Waals surface area contributed by atoms with Gasteiger partial charge in [-0.05, 0) is 62.3 Å². The molecule has 1 aromatic carbocycles. The second-order valence-electron chi connectivity index (χ2n) is 5.95. The van der Waals surface area contributed by atoms with Gasteiger partial charge in [-0.25, -0.2) is 13.1 Å². The Morgan fingerprint density at radius 3 is 2.80 bits per heavy atom. The SMILES string of the molecule is CC(NS(=O)(=O)c1ccc2c(c1)CCCN2)C1CCC1. The van der Waals surface area contributed by atoms with Crippen LogP contribution < -0.4 is 10.0 Å². The van der Waals surface area contributed by atoms with Gasteiger partial charge < -0.3 is 5.32 Å². The average Bonchev–Trinajstić information content (AvgIpc) is 2.35. The lowest BCUT2D eigenvalue weighted by atomic mass is 9.81. The van der Waals surface area contributed by atoms with Crippen molar-refractivity contribution in [1.82, 2.24) is 4.72 Å². The zero-order chi connectivity index (χ0) is 14.2. The minimum Gasteiger partial charge on any atom is -0.385 e. The smallest absolute Gasteiger partial charge is 0.240 e. The summed E-state index contributed by atoms with van der Waals surface area (Å²) >= 11 is 0. The summed E-state index contributed by atoms with van der Waals surface area (Å²) in [6.07, 6.45) is 5.50. The summed E-state index contributed by atoms with van der Waals surface area (Å²) in [5.74, 6) is 0.504. The van der Waals surface area contributed by atoms with Gasteiger partial charge >= 0.3 is 0 Å². The molecule has 0 amide bonds. The molecule has 2 aliphatic rings. The topological polar surface area (TPSA) is 58.2 Å². The van der Waals surface area contributed by atoms with Crippen LogP contribution in [0.5, 0.6) is 0 Å². The summed E-state index contributed by atoms with van der Waals surface area (Å²) in [6, 6.07) is 5.43. The molecule has 1 saturated carbocycles. The first-order valence-corrected chi connectivity index (χ1v) is 8.94. The lowest BCUT2D eigenvalue weighted by Crippen LogP contribution is -2.40. The van der Waals surface area contributed by atoms with E-state index in [2.05, 4.69) is 10.0 Å². The van der Waals surface area contributed by atoms with Crippen molar-refractivity contribution in [3.05, 3.63) is 23.8 Å². The average molecular weight is 294 g/mol. The molecular weight excluding hydrogens is 272 g/mol. The van der Waals surface area contributed by atoms with E-state index >= 15 is 0 Å². The number of hydrogen-bond acceptors (Lipinski definition) is 3. The van der Waals surface area contributed by atoms with Crippen LogP contribution in [0.1, 0.15) is 38.2 Å². The molecule has 110 valence electrons. The molecule has 5 heteroatoms. The molecule has 2 N–H and O–H groups in total. The number of hydrogen-bond donors (Lipinski definition) is 2. The number of fused-ring (bicyclic) bond motifs is 1. The van der Waals surface area contributed by atoms with Gasteiger partial charge in [-0.3, -0.25) is 0 Å². The van der Waals surface area contributed by atoms with Crippen molar-refractivity contribution >= 4 is 15.7 Å². The van der Waals surface area contributed by atoms with Crippen LogP contribution in [0.25, 0.3) is 0 Å². The van der Waals surface area contributed by atoms with E-state index in [0.717, 1.165) is 43.5 Å². The quantitative estimate of drug-likeness (QED) is 0.897. The van der Waals surface area contributed by atoms with Crippen LogP contribution in [0.4, 0.5) is 5.69 Å². The van der Waals surface area contributed by atoms with Crippen LogP contribution in [0.2, 0.25) is 0 Å². The lowest BCUT2D eigenvalue weighted by molar-refractivity contribution is 0.260. The zero-order valence-electron chi connectivity index (χ0n) is 11.9. The van der Waals surface area contributed by atoms with E-state index in [0.29, 0.717) is 10.8 Å². The summed E-state index contributed by atoms with van der Waals surface area (Å²) < 4.78 is 27.7. The second-order valence-corrected chi connectivity index (χ2v) is 7.66. The number of nitrogens with one attached hydrogen (secondary N) is 2. The molecule has 1 unspecified atom stereocenters. The van der Waals surface area contributed by atoms with Gasteiger partial charge in [0.1, 0.15) is 0 Å². The van der Waals surface area contributed by atoms with Crippen molar-refractivity contribution in [2.45, 2.75) is 50.0 Å². The van der Waals surface area contributed by atoms with E-state index in [1.54, 1.807) is 6.07 Å². The largest absolute Gasteiger partial charge is 0.385 e. The van der Waals surface area contributed by atoms with Crippen LogP contribution in [0.15, 0.2) is 23.1 Å². The van der Waals surface area contributed by atoms with E-state index in [-0.39, 0.29) is 6.04 Å². The molecule has 0 aromatic heterocycles. The molecular formula is C15H22N2O2S. The van der Waals surface area contributed by atoms with Crippen LogP contribution >= 0.6 is 0 Å². The van der Waals surface area contributed by atoms with Gasteiger partial charge in [0.15, 0.2) is 0 Å². The highest BCUT2D eigenvalue weighted by molar-refractivity contribution is 7.89. The molecule has 1 aromatic rings. The number of aryl methyl sites for hydroxylation is 1. The van der Waals surface area contributed by atoms with Gasteiger partial charge in [-0.15, -0.1) is 0 Å².